The first-order valence-electron chi connectivity index (χ1n) is 7.14. The Balaban J connectivity index is 0.00000243. The highest BCUT2D eigenvalue weighted by Gasteiger charge is 2.40. The van der Waals surface area contributed by atoms with Gasteiger partial charge in [0, 0.05) is 19.2 Å². The highest BCUT2D eigenvalue weighted by Crippen LogP contribution is 2.32. The Morgan fingerprint density at radius 1 is 1.31 bits per heavy atom. The van der Waals surface area contributed by atoms with Crippen LogP contribution in [0.5, 0.6) is 5.75 Å². The summed E-state index contributed by atoms with van der Waals surface area (Å²) in [4.78, 5) is 14.1. The average molecular weight is 412 g/mol. The van der Waals surface area contributed by atoms with Crippen molar-refractivity contribution < 1.29 is 22.7 Å². The van der Waals surface area contributed by atoms with Gasteiger partial charge in [-0.3, -0.25) is 4.79 Å². The summed E-state index contributed by atoms with van der Waals surface area (Å²) in [5, 5.41) is 6.91. The third kappa shape index (κ3) is 3.51. The van der Waals surface area contributed by atoms with Crippen LogP contribution < -0.4 is 10.5 Å². The van der Waals surface area contributed by atoms with Crippen LogP contribution in [0.1, 0.15) is 22.0 Å². The molecule has 0 aliphatic carbocycles. The van der Waals surface area contributed by atoms with Crippen molar-refractivity contribution in [1.82, 2.24) is 19.7 Å². The predicted molar refractivity (Wildman–Crippen MR) is 89.4 cm³/mol. The van der Waals surface area contributed by atoms with Crippen molar-refractivity contribution in [3.63, 3.8) is 0 Å². The maximum absolute atomic E-state index is 12.9. The maximum atomic E-state index is 12.9. The molecule has 12 heteroatoms. The molecule has 0 saturated heterocycles. The number of fused-ring (bicyclic) bond motifs is 1. The first kappa shape index (κ1) is 20.1. The van der Waals surface area contributed by atoms with Crippen LogP contribution in [0, 0.1) is 0 Å². The molecule has 0 radical (unpaired) electrons. The van der Waals surface area contributed by atoms with E-state index in [-0.39, 0.29) is 59.9 Å². The van der Waals surface area contributed by atoms with E-state index in [0.717, 1.165) is 4.57 Å². The standard InChI is InChI=1S/C14H13ClF3N5O2.ClH/c1-25-10-5-9(19)8(15)4-7(10)12(24)22-2-3-23-11(6-22)20-21-13(23)14(16,17)18;/h4-5H,2-3,6,19H2,1H3;1H. The molecule has 142 valence electrons. The third-order valence-corrected chi connectivity index (χ3v) is 4.17. The number of rotatable bonds is 2. The van der Waals surface area contributed by atoms with Crippen molar-refractivity contribution in [2.24, 2.45) is 0 Å². The summed E-state index contributed by atoms with van der Waals surface area (Å²) in [5.41, 5.74) is 6.11. The first-order valence-corrected chi connectivity index (χ1v) is 7.51. The number of alkyl halides is 3. The van der Waals surface area contributed by atoms with Crippen molar-refractivity contribution in [1.29, 1.82) is 0 Å². The van der Waals surface area contributed by atoms with E-state index in [1.165, 1.54) is 24.1 Å². The summed E-state index contributed by atoms with van der Waals surface area (Å²) in [5.74, 6) is -1.22. The van der Waals surface area contributed by atoms with Crippen molar-refractivity contribution >= 4 is 35.6 Å². The zero-order chi connectivity index (χ0) is 18.4. The smallest absolute Gasteiger partial charge is 0.451 e. The van der Waals surface area contributed by atoms with Gasteiger partial charge >= 0.3 is 6.18 Å². The Labute approximate surface area is 157 Å². The number of nitrogens with two attached hydrogens (primary N) is 1. The lowest BCUT2D eigenvalue weighted by Crippen LogP contribution is -2.39. The van der Waals surface area contributed by atoms with E-state index < -0.39 is 17.9 Å². The number of halogens is 5. The first-order chi connectivity index (χ1) is 11.7. The average Bonchev–Trinajstić information content (AvgIpc) is 2.99. The number of amides is 1. The van der Waals surface area contributed by atoms with Crippen LogP contribution in [0.25, 0.3) is 0 Å². The summed E-state index contributed by atoms with van der Waals surface area (Å²) in [6.45, 7) is -0.0981. The molecular weight excluding hydrogens is 398 g/mol. The summed E-state index contributed by atoms with van der Waals surface area (Å²) in [6, 6.07) is 2.79. The minimum absolute atomic E-state index is 0. The van der Waals surface area contributed by atoms with Crippen molar-refractivity contribution in [3.05, 3.63) is 34.4 Å². The molecule has 1 aromatic carbocycles. The Kier molecular flexibility index (Phi) is 5.57. The number of nitrogens with zero attached hydrogens (tertiary/aromatic N) is 4. The van der Waals surface area contributed by atoms with E-state index in [0.29, 0.717) is 0 Å². The number of anilines is 1. The molecule has 3 rings (SSSR count). The molecule has 2 aromatic rings. The predicted octanol–water partition coefficient (Wildman–Crippen LogP) is 2.62. The van der Waals surface area contributed by atoms with E-state index >= 15 is 0 Å². The van der Waals surface area contributed by atoms with Crippen LogP contribution in [-0.4, -0.2) is 39.2 Å². The fourth-order valence-electron chi connectivity index (χ4n) is 2.62. The van der Waals surface area contributed by atoms with Gasteiger partial charge in [-0.2, -0.15) is 13.2 Å². The number of carbonyl (C=O) groups is 1. The number of methoxy groups -OCH3 is 1. The van der Waals surface area contributed by atoms with Gasteiger partial charge < -0.3 is 19.9 Å². The Morgan fingerprint density at radius 2 is 2.00 bits per heavy atom. The van der Waals surface area contributed by atoms with E-state index in [9.17, 15) is 18.0 Å². The second-order valence-corrected chi connectivity index (χ2v) is 5.80. The lowest BCUT2D eigenvalue weighted by molar-refractivity contribution is -0.147. The Bertz CT molecular complexity index is 841. The largest absolute Gasteiger partial charge is 0.496 e. The SMILES string of the molecule is COc1cc(N)c(Cl)cc1C(=O)N1CCn2c(nnc2C(F)(F)F)C1.Cl. The molecule has 26 heavy (non-hydrogen) atoms. The number of ether oxygens (including phenoxy) is 1. The van der Waals surface area contributed by atoms with Gasteiger partial charge in [-0.15, -0.1) is 22.6 Å². The number of carbonyl (C=O) groups excluding carboxylic acids is 1. The van der Waals surface area contributed by atoms with Gasteiger partial charge in [0.1, 0.15) is 5.75 Å². The normalized spacial score (nSPS) is 13.8. The second kappa shape index (κ2) is 7.20. The minimum Gasteiger partial charge on any atom is -0.496 e. The van der Waals surface area contributed by atoms with Crippen LogP contribution in [0.15, 0.2) is 12.1 Å². The molecule has 2 N–H and O–H groups in total. The molecule has 0 spiro atoms. The van der Waals surface area contributed by atoms with Gasteiger partial charge in [0.05, 0.1) is 29.9 Å². The number of nitrogen functional groups attached to an aromatic ring is 1. The van der Waals surface area contributed by atoms with Crippen LogP contribution in [0.2, 0.25) is 5.02 Å². The highest BCUT2D eigenvalue weighted by atomic mass is 35.5. The van der Waals surface area contributed by atoms with Gasteiger partial charge in [-0.05, 0) is 6.07 Å². The molecule has 0 atom stereocenters. The van der Waals surface area contributed by atoms with Crippen molar-refractivity contribution in [3.8, 4) is 5.75 Å². The summed E-state index contributed by atoms with van der Waals surface area (Å²) in [6.07, 6.45) is -4.59. The molecule has 0 fully saturated rings. The Morgan fingerprint density at radius 3 is 2.62 bits per heavy atom. The van der Waals surface area contributed by atoms with E-state index in [1.807, 2.05) is 0 Å². The zero-order valence-electron chi connectivity index (χ0n) is 13.4. The number of aromatic nitrogens is 3. The molecule has 1 aromatic heterocycles. The van der Waals surface area contributed by atoms with Gasteiger partial charge in [0.15, 0.2) is 5.82 Å². The highest BCUT2D eigenvalue weighted by molar-refractivity contribution is 6.33. The van der Waals surface area contributed by atoms with Gasteiger partial charge in [0.25, 0.3) is 5.91 Å². The fourth-order valence-corrected chi connectivity index (χ4v) is 2.78. The van der Waals surface area contributed by atoms with Crippen molar-refractivity contribution in [2.75, 3.05) is 19.4 Å². The molecule has 0 saturated carbocycles. The van der Waals surface area contributed by atoms with E-state index in [4.69, 9.17) is 22.1 Å². The summed E-state index contributed by atoms with van der Waals surface area (Å²) < 4.78 is 44.7. The molecule has 1 aliphatic rings. The molecule has 0 unspecified atom stereocenters. The lowest BCUT2D eigenvalue weighted by atomic mass is 10.1. The monoisotopic (exact) mass is 411 g/mol. The van der Waals surface area contributed by atoms with Crippen LogP contribution in [-0.2, 0) is 19.3 Å². The molecule has 1 amide bonds. The Hall–Kier alpha value is -2.20. The van der Waals surface area contributed by atoms with Gasteiger partial charge in [-0.25, -0.2) is 0 Å². The fraction of sp³-hybridized carbons (Fsp3) is 0.357. The third-order valence-electron chi connectivity index (χ3n) is 3.84. The molecule has 0 bridgehead atoms. The van der Waals surface area contributed by atoms with E-state index in [1.54, 1.807) is 0 Å². The molecule has 2 heterocycles. The van der Waals surface area contributed by atoms with Crippen LogP contribution >= 0.6 is 24.0 Å². The number of hydrogen-bond acceptors (Lipinski definition) is 5. The van der Waals surface area contributed by atoms with Crippen LogP contribution in [0.3, 0.4) is 0 Å². The van der Waals surface area contributed by atoms with Gasteiger partial charge in [0.2, 0.25) is 5.82 Å². The summed E-state index contributed by atoms with van der Waals surface area (Å²) >= 11 is 5.96. The lowest BCUT2D eigenvalue weighted by Gasteiger charge is -2.28. The quantitative estimate of drug-likeness (QED) is 0.767. The van der Waals surface area contributed by atoms with E-state index in [2.05, 4.69) is 10.2 Å². The molecule has 7 nitrogen and oxygen atoms in total. The zero-order valence-corrected chi connectivity index (χ0v) is 15.0. The summed E-state index contributed by atoms with van der Waals surface area (Å²) in [7, 11) is 1.38. The van der Waals surface area contributed by atoms with Gasteiger partial charge in [-0.1, -0.05) is 11.6 Å². The van der Waals surface area contributed by atoms with Crippen molar-refractivity contribution in [2.45, 2.75) is 19.3 Å². The molecular formula is C14H14Cl2F3N5O2. The topological polar surface area (TPSA) is 86.3 Å². The van der Waals surface area contributed by atoms with Crippen LogP contribution in [0.4, 0.5) is 18.9 Å². The molecule has 1 aliphatic heterocycles. The number of benzene rings is 1. The number of hydrogen-bond donors (Lipinski definition) is 1. The second-order valence-electron chi connectivity index (χ2n) is 5.39. The maximum Gasteiger partial charge on any atom is 0.451 e. The minimum atomic E-state index is -4.59.